The van der Waals surface area contributed by atoms with Crippen molar-refractivity contribution in [3.05, 3.63) is 29.8 Å². The van der Waals surface area contributed by atoms with Gasteiger partial charge in [0, 0.05) is 20.6 Å². The fraction of sp³-hybridized carbons (Fsp3) is 0.438. The number of benzene rings is 1. The minimum atomic E-state index is -0.533. The van der Waals surface area contributed by atoms with Gasteiger partial charge in [-0.05, 0) is 19.1 Å². The second-order valence-electron chi connectivity index (χ2n) is 4.69. The number of anilines is 1. The van der Waals surface area contributed by atoms with Crippen molar-refractivity contribution in [1.82, 2.24) is 5.32 Å². The van der Waals surface area contributed by atoms with Gasteiger partial charge in [0.2, 0.25) is 11.8 Å². The van der Waals surface area contributed by atoms with Crippen molar-refractivity contribution in [2.45, 2.75) is 13.8 Å². The highest BCUT2D eigenvalue weighted by atomic mass is 16.5. The van der Waals surface area contributed by atoms with E-state index in [0.717, 1.165) is 0 Å². The van der Waals surface area contributed by atoms with E-state index in [1.807, 2.05) is 0 Å². The van der Waals surface area contributed by atoms with E-state index in [0.29, 0.717) is 18.8 Å². The molecule has 0 aliphatic carbocycles. The number of esters is 1. The first kappa shape index (κ1) is 18.6. The summed E-state index contributed by atoms with van der Waals surface area (Å²) >= 11 is 0. The van der Waals surface area contributed by atoms with Crippen molar-refractivity contribution in [2.24, 2.45) is 0 Å². The van der Waals surface area contributed by atoms with E-state index in [-0.39, 0.29) is 30.5 Å². The van der Waals surface area contributed by atoms with Crippen LogP contribution in [0.1, 0.15) is 24.2 Å². The van der Waals surface area contributed by atoms with Gasteiger partial charge in [0.25, 0.3) is 0 Å². The van der Waals surface area contributed by atoms with Crippen molar-refractivity contribution >= 4 is 23.5 Å². The van der Waals surface area contributed by atoms with Gasteiger partial charge in [0.05, 0.1) is 24.5 Å². The standard InChI is InChI=1S/C16H22N2O5/c1-4-23-16(21)13-7-5-6-8-14(13)18(12(2)19)11-15(20)17-9-10-22-3/h5-8H,4,9-11H2,1-3H3,(H,17,20). The molecule has 2 amide bonds. The molecule has 0 saturated carbocycles. The molecule has 0 spiro atoms. The van der Waals surface area contributed by atoms with E-state index in [1.165, 1.54) is 18.9 Å². The molecule has 0 aliphatic heterocycles. The first-order chi connectivity index (χ1) is 11.0. The van der Waals surface area contributed by atoms with Crippen LogP contribution in [-0.4, -0.2) is 51.2 Å². The Kier molecular flexibility index (Phi) is 7.76. The molecule has 0 bridgehead atoms. The van der Waals surface area contributed by atoms with E-state index >= 15 is 0 Å². The number of nitrogens with one attached hydrogen (secondary N) is 1. The number of methoxy groups -OCH3 is 1. The summed E-state index contributed by atoms with van der Waals surface area (Å²) in [4.78, 5) is 37.1. The molecule has 0 aliphatic rings. The summed E-state index contributed by atoms with van der Waals surface area (Å²) in [6.45, 7) is 3.81. The highest BCUT2D eigenvalue weighted by Crippen LogP contribution is 2.21. The third-order valence-corrected chi connectivity index (χ3v) is 3.00. The van der Waals surface area contributed by atoms with Crippen LogP contribution in [0.5, 0.6) is 0 Å². The average Bonchev–Trinajstić information content (AvgIpc) is 2.53. The summed E-state index contributed by atoms with van der Waals surface area (Å²) in [5.41, 5.74) is 0.592. The number of hydrogen-bond acceptors (Lipinski definition) is 5. The number of rotatable bonds is 8. The third-order valence-electron chi connectivity index (χ3n) is 3.00. The number of carbonyl (C=O) groups excluding carboxylic acids is 3. The zero-order valence-electron chi connectivity index (χ0n) is 13.6. The van der Waals surface area contributed by atoms with Crippen molar-refractivity contribution in [1.29, 1.82) is 0 Å². The van der Waals surface area contributed by atoms with Crippen molar-refractivity contribution < 1.29 is 23.9 Å². The molecular weight excluding hydrogens is 300 g/mol. The van der Waals surface area contributed by atoms with Crippen LogP contribution in [0.25, 0.3) is 0 Å². The summed E-state index contributed by atoms with van der Waals surface area (Å²) < 4.78 is 9.84. The number of hydrogen-bond donors (Lipinski definition) is 1. The molecule has 1 aromatic rings. The summed E-state index contributed by atoms with van der Waals surface area (Å²) in [6, 6.07) is 6.53. The molecule has 0 unspecified atom stereocenters. The lowest BCUT2D eigenvalue weighted by atomic mass is 10.1. The van der Waals surface area contributed by atoms with Gasteiger partial charge >= 0.3 is 5.97 Å². The molecule has 23 heavy (non-hydrogen) atoms. The lowest BCUT2D eigenvalue weighted by molar-refractivity contribution is -0.123. The van der Waals surface area contributed by atoms with E-state index in [4.69, 9.17) is 9.47 Å². The van der Waals surface area contributed by atoms with Crippen LogP contribution in [0.2, 0.25) is 0 Å². The van der Waals surface area contributed by atoms with Gasteiger partial charge in [0.15, 0.2) is 0 Å². The maximum absolute atomic E-state index is 12.0. The molecule has 0 atom stereocenters. The number of carbonyl (C=O) groups is 3. The summed E-state index contributed by atoms with van der Waals surface area (Å²) in [5, 5.41) is 2.64. The SMILES string of the molecule is CCOC(=O)c1ccccc1N(CC(=O)NCCOC)C(C)=O. The average molecular weight is 322 g/mol. The molecule has 0 aromatic heterocycles. The van der Waals surface area contributed by atoms with E-state index < -0.39 is 5.97 Å². The highest BCUT2D eigenvalue weighted by molar-refractivity contribution is 6.04. The molecule has 0 saturated heterocycles. The second-order valence-corrected chi connectivity index (χ2v) is 4.69. The topological polar surface area (TPSA) is 84.9 Å². The van der Waals surface area contributed by atoms with Gasteiger partial charge in [0.1, 0.15) is 6.54 Å². The number of nitrogens with zero attached hydrogens (tertiary/aromatic N) is 1. The quantitative estimate of drug-likeness (QED) is 0.569. The Morgan fingerprint density at radius 1 is 1.22 bits per heavy atom. The van der Waals surface area contributed by atoms with Crippen LogP contribution in [0.4, 0.5) is 5.69 Å². The molecular formula is C16H22N2O5. The molecule has 7 heteroatoms. The van der Waals surface area contributed by atoms with Gasteiger partial charge in [-0.3, -0.25) is 9.59 Å². The summed E-state index contributed by atoms with van der Waals surface area (Å²) in [6.07, 6.45) is 0. The lowest BCUT2D eigenvalue weighted by Crippen LogP contribution is -2.41. The second kappa shape index (κ2) is 9.58. The molecule has 0 heterocycles. The van der Waals surface area contributed by atoms with Gasteiger partial charge in [-0.2, -0.15) is 0 Å². The molecule has 1 aromatic carbocycles. The van der Waals surface area contributed by atoms with Crippen LogP contribution in [0.15, 0.2) is 24.3 Å². The van der Waals surface area contributed by atoms with Crippen molar-refractivity contribution in [3.63, 3.8) is 0 Å². The summed E-state index contributed by atoms with van der Waals surface area (Å²) in [5.74, 6) is -1.21. The maximum atomic E-state index is 12.0. The monoisotopic (exact) mass is 322 g/mol. The van der Waals surface area contributed by atoms with Crippen molar-refractivity contribution in [2.75, 3.05) is 38.3 Å². The summed E-state index contributed by atoms with van der Waals surface area (Å²) in [7, 11) is 1.53. The minimum Gasteiger partial charge on any atom is -0.462 e. The van der Waals surface area contributed by atoms with Crippen LogP contribution >= 0.6 is 0 Å². The Labute approximate surface area is 135 Å². The first-order valence-corrected chi connectivity index (χ1v) is 7.31. The molecule has 0 radical (unpaired) electrons. The Balaban J connectivity index is 2.96. The molecule has 1 rings (SSSR count). The highest BCUT2D eigenvalue weighted by Gasteiger charge is 2.22. The zero-order valence-corrected chi connectivity index (χ0v) is 13.6. The van der Waals surface area contributed by atoms with Crippen molar-refractivity contribution in [3.8, 4) is 0 Å². The number of amides is 2. The Morgan fingerprint density at radius 2 is 1.91 bits per heavy atom. The maximum Gasteiger partial charge on any atom is 0.340 e. The zero-order chi connectivity index (χ0) is 17.2. The fourth-order valence-corrected chi connectivity index (χ4v) is 1.95. The number of para-hydroxylation sites is 1. The van der Waals surface area contributed by atoms with E-state index in [2.05, 4.69) is 5.32 Å². The Morgan fingerprint density at radius 3 is 2.52 bits per heavy atom. The fourth-order valence-electron chi connectivity index (χ4n) is 1.95. The van der Waals surface area contributed by atoms with Gasteiger partial charge < -0.3 is 19.7 Å². The smallest absolute Gasteiger partial charge is 0.340 e. The molecule has 1 N–H and O–H groups in total. The molecule has 0 fully saturated rings. The van der Waals surface area contributed by atoms with Crippen LogP contribution in [0.3, 0.4) is 0 Å². The van der Waals surface area contributed by atoms with Crippen LogP contribution in [-0.2, 0) is 19.1 Å². The Bertz CT molecular complexity index is 559. The van der Waals surface area contributed by atoms with Gasteiger partial charge in [-0.15, -0.1) is 0 Å². The third kappa shape index (κ3) is 5.71. The molecule has 7 nitrogen and oxygen atoms in total. The normalized spacial score (nSPS) is 10.0. The van der Waals surface area contributed by atoms with E-state index in [9.17, 15) is 14.4 Å². The minimum absolute atomic E-state index is 0.185. The van der Waals surface area contributed by atoms with E-state index in [1.54, 1.807) is 31.2 Å². The predicted molar refractivity (Wildman–Crippen MR) is 85.3 cm³/mol. The van der Waals surface area contributed by atoms with Crippen LogP contribution < -0.4 is 10.2 Å². The van der Waals surface area contributed by atoms with Gasteiger partial charge in [-0.25, -0.2) is 4.79 Å². The number of ether oxygens (including phenoxy) is 2. The first-order valence-electron chi connectivity index (χ1n) is 7.31. The van der Waals surface area contributed by atoms with Gasteiger partial charge in [-0.1, -0.05) is 12.1 Å². The largest absolute Gasteiger partial charge is 0.462 e. The van der Waals surface area contributed by atoms with Crippen LogP contribution in [0, 0.1) is 0 Å². The predicted octanol–water partition coefficient (Wildman–Crippen LogP) is 0.979. The molecule has 126 valence electrons. The Hall–Kier alpha value is -2.41. The lowest BCUT2D eigenvalue weighted by Gasteiger charge is -2.22.